The molecule has 320 valence electrons. The zero-order valence-corrected chi connectivity index (χ0v) is 38.1. The van der Waals surface area contributed by atoms with Crippen molar-refractivity contribution in [1.29, 1.82) is 0 Å². The molecule has 0 amide bonds. The average Bonchev–Trinajstić information content (AvgIpc) is 3.99. The highest BCUT2D eigenvalue weighted by atomic mass is 16.3. The van der Waals surface area contributed by atoms with Gasteiger partial charge in [0.2, 0.25) is 0 Å². The van der Waals surface area contributed by atoms with E-state index in [1.54, 1.807) is 0 Å². The molecule has 0 aliphatic rings. The second-order valence-corrected chi connectivity index (χ2v) is 19.8. The van der Waals surface area contributed by atoms with Gasteiger partial charge >= 0.3 is 0 Å². The lowest BCUT2D eigenvalue weighted by Gasteiger charge is -2.28. The zero-order valence-electron chi connectivity index (χ0n) is 38.1. The van der Waals surface area contributed by atoms with Crippen LogP contribution in [0.2, 0.25) is 0 Å². The second-order valence-electron chi connectivity index (χ2n) is 19.8. The summed E-state index contributed by atoms with van der Waals surface area (Å²) >= 11 is 0. The van der Waals surface area contributed by atoms with E-state index in [0.29, 0.717) is 11.4 Å². The highest BCUT2D eigenvalue weighted by Crippen LogP contribution is 2.46. The summed E-state index contributed by atoms with van der Waals surface area (Å²) in [5.41, 5.74) is 15.6. The number of imidazole rings is 1. The Morgan fingerprint density at radius 3 is 2.02 bits per heavy atom. The number of fused-ring (bicyclic) bond motifs is 8. The molecule has 6 heteroatoms. The first-order valence-corrected chi connectivity index (χ1v) is 22.6. The Bertz CT molecular complexity index is 3670. The lowest BCUT2D eigenvalue weighted by atomic mass is 9.79. The number of rotatable bonds is 6. The minimum absolute atomic E-state index is 0.144. The highest BCUT2D eigenvalue weighted by molar-refractivity contribution is 6.18. The van der Waals surface area contributed by atoms with E-state index in [4.69, 9.17) is 18.8 Å². The van der Waals surface area contributed by atoms with E-state index >= 15 is 0 Å². The SMILES string of the molecule is CC(C)c1cc(-c2ccc3c(c2)oc2ccccc23)ccc1-n1c(-c2cc(C(C)(C)C)cc(C(C)(C)C)c2O)nc2c3c(ccc21)oc1ccc(-c2cc(-c4ccccc4)ccn2)cc13. The molecule has 1 N–H and O–H groups in total. The van der Waals surface area contributed by atoms with Gasteiger partial charge in [0.25, 0.3) is 0 Å². The minimum Gasteiger partial charge on any atom is -0.507 e. The first kappa shape index (κ1) is 40.3. The van der Waals surface area contributed by atoms with Gasteiger partial charge in [0.1, 0.15) is 39.4 Å². The summed E-state index contributed by atoms with van der Waals surface area (Å²) in [5, 5.41) is 16.6. The summed E-state index contributed by atoms with van der Waals surface area (Å²) in [6.45, 7) is 17.6. The number of pyridine rings is 1. The molecule has 11 rings (SSSR count). The Kier molecular flexibility index (Phi) is 9.19. The first-order valence-electron chi connectivity index (χ1n) is 22.6. The maximum atomic E-state index is 12.5. The molecule has 65 heavy (non-hydrogen) atoms. The third-order valence-corrected chi connectivity index (χ3v) is 13.0. The van der Waals surface area contributed by atoms with Crippen LogP contribution in [0.25, 0.3) is 105 Å². The fourth-order valence-electron chi connectivity index (χ4n) is 9.50. The summed E-state index contributed by atoms with van der Waals surface area (Å²) in [5.74, 6) is 1.05. The van der Waals surface area contributed by atoms with Crippen LogP contribution in [-0.4, -0.2) is 19.6 Å². The number of aromatic hydroxyl groups is 1. The van der Waals surface area contributed by atoms with Gasteiger partial charge in [-0.05, 0) is 129 Å². The average molecular weight is 850 g/mol. The summed E-state index contributed by atoms with van der Waals surface area (Å²) in [7, 11) is 0. The molecule has 0 unspecified atom stereocenters. The van der Waals surface area contributed by atoms with Crippen LogP contribution in [0.3, 0.4) is 0 Å². The number of benzene rings is 7. The van der Waals surface area contributed by atoms with Crippen LogP contribution in [0.15, 0.2) is 161 Å². The summed E-state index contributed by atoms with van der Waals surface area (Å²) in [6, 6.07) is 50.8. The Balaban J connectivity index is 1.17. The summed E-state index contributed by atoms with van der Waals surface area (Å²) in [4.78, 5) is 10.5. The lowest BCUT2D eigenvalue weighted by Crippen LogP contribution is -2.17. The molecule has 0 aliphatic carbocycles. The van der Waals surface area contributed by atoms with Crippen molar-refractivity contribution in [2.75, 3.05) is 0 Å². The first-order chi connectivity index (χ1) is 31.2. The fraction of sp³-hybridized carbons (Fsp3) is 0.186. The maximum Gasteiger partial charge on any atom is 0.149 e. The Morgan fingerprint density at radius 2 is 1.23 bits per heavy atom. The largest absolute Gasteiger partial charge is 0.507 e. The molecule has 7 aromatic carbocycles. The number of nitrogens with zero attached hydrogens (tertiary/aromatic N) is 3. The Morgan fingerprint density at radius 1 is 0.554 bits per heavy atom. The van der Waals surface area contributed by atoms with Crippen molar-refractivity contribution in [3.63, 3.8) is 0 Å². The van der Waals surface area contributed by atoms with Gasteiger partial charge in [-0.25, -0.2) is 4.98 Å². The standard InChI is InChI=1S/C59H51N3O3/c1-34(2)43-28-36(37-18-21-42-41-16-12-13-17-50(41)65-53(42)31-37)19-22-48(43)62-49-23-25-52-54(55(49)61-57(62)45-32-40(58(3,4)5)33-46(56(45)63)59(6,7)8)44-29-39(20-24-51(44)64-52)47-30-38(26-27-60-47)35-14-10-9-11-15-35/h9-34,63H,1-8H3. The monoisotopic (exact) mass is 849 g/mol. The molecular weight excluding hydrogens is 799 g/mol. The molecular formula is C59H51N3O3. The van der Waals surface area contributed by atoms with Crippen molar-refractivity contribution < 1.29 is 13.9 Å². The van der Waals surface area contributed by atoms with E-state index in [1.807, 2.05) is 30.5 Å². The zero-order chi connectivity index (χ0) is 44.9. The lowest BCUT2D eigenvalue weighted by molar-refractivity contribution is 0.446. The fourth-order valence-corrected chi connectivity index (χ4v) is 9.50. The Hall–Kier alpha value is -7.44. The predicted molar refractivity (Wildman–Crippen MR) is 268 cm³/mol. The number of aromatic nitrogens is 3. The van der Waals surface area contributed by atoms with Crippen molar-refractivity contribution in [1.82, 2.24) is 14.5 Å². The maximum absolute atomic E-state index is 12.5. The molecule has 0 spiro atoms. The van der Waals surface area contributed by atoms with Crippen LogP contribution in [0.1, 0.15) is 78.0 Å². The molecule has 11 aromatic rings. The third-order valence-electron chi connectivity index (χ3n) is 13.0. The normalized spacial score (nSPS) is 12.5. The van der Waals surface area contributed by atoms with E-state index in [0.717, 1.165) is 111 Å². The van der Waals surface area contributed by atoms with Crippen molar-refractivity contribution in [2.24, 2.45) is 0 Å². The molecule has 0 aliphatic heterocycles. The van der Waals surface area contributed by atoms with E-state index in [2.05, 4.69) is 181 Å². The summed E-state index contributed by atoms with van der Waals surface area (Å²) in [6.07, 6.45) is 1.88. The number of phenolic OH excluding ortho intramolecular Hbond substituents is 1. The van der Waals surface area contributed by atoms with Gasteiger partial charge < -0.3 is 13.9 Å². The van der Waals surface area contributed by atoms with Crippen LogP contribution in [0, 0.1) is 0 Å². The molecule has 0 atom stereocenters. The second kappa shape index (κ2) is 14.8. The smallest absolute Gasteiger partial charge is 0.149 e. The number of phenols is 1. The number of furan rings is 2. The van der Waals surface area contributed by atoms with Gasteiger partial charge in [-0.15, -0.1) is 0 Å². The number of para-hydroxylation sites is 1. The van der Waals surface area contributed by atoms with Crippen molar-refractivity contribution in [3.8, 4) is 56.3 Å². The van der Waals surface area contributed by atoms with Gasteiger partial charge in [0.05, 0.1) is 27.8 Å². The Labute approximate surface area is 378 Å². The van der Waals surface area contributed by atoms with Crippen molar-refractivity contribution in [2.45, 2.75) is 72.1 Å². The van der Waals surface area contributed by atoms with Gasteiger partial charge in [0.15, 0.2) is 0 Å². The summed E-state index contributed by atoms with van der Waals surface area (Å²) < 4.78 is 15.2. The molecule has 0 radical (unpaired) electrons. The molecule has 6 nitrogen and oxygen atoms in total. The van der Waals surface area contributed by atoms with Crippen LogP contribution in [0.4, 0.5) is 0 Å². The van der Waals surface area contributed by atoms with Gasteiger partial charge in [-0.1, -0.05) is 122 Å². The number of hydrogen-bond acceptors (Lipinski definition) is 5. The van der Waals surface area contributed by atoms with Crippen LogP contribution < -0.4 is 0 Å². The van der Waals surface area contributed by atoms with E-state index in [-0.39, 0.29) is 22.5 Å². The predicted octanol–water partition coefficient (Wildman–Crippen LogP) is 16.3. The molecule has 0 bridgehead atoms. The quantitative estimate of drug-likeness (QED) is 0.180. The topological polar surface area (TPSA) is 77.2 Å². The van der Waals surface area contributed by atoms with Crippen LogP contribution in [0.5, 0.6) is 5.75 Å². The van der Waals surface area contributed by atoms with Crippen LogP contribution >= 0.6 is 0 Å². The number of hydrogen-bond donors (Lipinski definition) is 1. The van der Waals surface area contributed by atoms with E-state index in [9.17, 15) is 5.11 Å². The van der Waals surface area contributed by atoms with Gasteiger partial charge in [-0.3, -0.25) is 9.55 Å². The van der Waals surface area contributed by atoms with Gasteiger partial charge in [0, 0.05) is 33.5 Å². The van der Waals surface area contributed by atoms with Crippen LogP contribution in [-0.2, 0) is 10.8 Å². The molecule has 4 aromatic heterocycles. The molecule has 0 saturated carbocycles. The van der Waals surface area contributed by atoms with E-state index < -0.39 is 0 Å². The third kappa shape index (κ3) is 6.78. The van der Waals surface area contributed by atoms with E-state index in [1.165, 1.54) is 0 Å². The van der Waals surface area contributed by atoms with Gasteiger partial charge in [-0.2, -0.15) is 0 Å². The molecule has 4 heterocycles. The molecule has 0 fully saturated rings. The molecule has 0 saturated heterocycles. The highest BCUT2D eigenvalue weighted by Gasteiger charge is 2.30. The minimum atomic E-state index is -0.334. The van der Waals surface area contributed by atoms with Crippen molar-refractivity contribution >= 4 is 54.9 Å². The van der Waals surface area contributed by atoms with Crippen molar-refractivity contribution in [3.05, 3.63) is 168 Å².